The van der Waals surface area contributed by atoms with Gasteiger partial charge in [0.1, 0.15) is 0 Å². The van der Waals surface area contributed by atoms with Gasteiger partial charge in [0.25, 0.3) is 20.3 Å². The minimum Gasteiger partial charge on any atom is -0.462 e. The van der Waals surface area contributed by atoms with E-state index in [1.807, 2.05) is 0 Å². The van der Waals surface area contributed by atoms with Crippen molar-refractivity contribution < 1.29 is 22.7 Å². The Morgan fingerprint density at radius 3 is 2.50 bits per heavy atom. The summed E-state index contributed by atoms with van der Waals surface area (Å²) in [6.45, 7) is 1.79. The largest absolute Gasteiger partial charge is 0.462 e. The van der Waals surface area contributed by atoms with Crippen molar-refractivity contribution in [3.8, 4) is 0 Å². The number of ether oxygens (including phenoxy) is 1. The highest BCUT2D eigenvalue weighted by atomic mass is 35.5. The highest BCUT2D eigenvalue weighted by molar-refractivity contribution is 7.94. The molecule has 0 fully saturated rings. The van der Waals surface area contributed by atoms with Gasteiger partial charge in [-0.15, -0.1) is 10.2 Å². The predicted octanol–water partition coefficient (Wildman–Crippen LogP) is 3.42. The summed E-state index contributed by atoms with van der Waals surface area (Å²) in [7, 11) is -4.15. The molecule has 0 unspecified atom stereocenters. The van der Waals surface area contributed by atoms with E-state index in [2.05, 4.69) is 20.2 Å². The number of aromatic nitrogens is 2. The molecule has 1 amide bonds. The first-order valence-electron chi connectivity index (χ1n) is 8.49. The van der Waals surface area contributed by atoms with Crippen molar-refractivity contribution in [3.05, 3.63) is 64.7 Å². The average Bonchev–Trinajstić information content (AvgIpc) is 3.18. The number of carbonyl (C=O) groups is 2. The molecule has 3 aromatic rings. The van der Waals surface area contributed by atoms with Gasteiger partial charge in [0, 0.05) is 10.6 Å². The zero-order valence-corrected chi connectivity index (χ0v) is 17.8. The van der Waals surface area contributed by atoms with Crippen LogP contribution in [-0.4, -0.2) is 37.1 Å². The quantitative estimate of drug-likeness (QED) is 0.403. The minimum absolute atomic E-state index is 0.00555. The van der Waals surface area contributed by atoms with Crippen molar-refractivity contribution in [1.29, 1.82) is 0 Å². The first kappa shape index (κ1) is 21.7. The second-order valence-electron chi connectivity index (χ2n) is 5.71. The molecule has 0 spiro atoms. The second-order valence-corrected chi connectivity index (χ2v) is 8.98. The van der Waals surface area contributed by atoms with Crippen LogP contribution in [0.25, 0.3) is 0 Å². The van der Waals surface area contributed by atoms with Crippen LogP contribution in [0.1, 0.15) is 27.6 Å². The first-order valence-corrected chi connectivity index (χ1v) is 11.2. The average molecular weight is 467 g/mol. The van der Waals surface area contributed by atoms with E-state index < -0.39 is 21.9 Å². The third-order valence-electron chi connectivity index (χ3n) is 3.63. The number of carbonyl (C=O) groups excluding carboxylic acids is 2. The number of halogens is 1. The Balaban J connectivity index is 1.77. The third kappa shape index (κ3) is 5.12. The van der Waals surface area contributed by atoms with Crippen molar-refractivity contribution in [2.45, 2.75) is 11.3 Å². The molecular formula is C18H15ClN4O5S2. The molecule has 0 bridgehead atoms. The van der Waals surface area contributed by atoms with E-state index in [0.29, 0.717) is 21.9 Å². The zero-order valence-electron chi connectivity index (χ0n) is 15.5. The molecule has 12 heteroatoms. The fourth-order valence-electron chi connectivity index (χ4n) is 2.29. The van der Waals surface area contributed by atoms with Crippen molar-refractivity contribution in [2.75, 3.05) is 16.6 Å². The molecule has 0 aliphatic rings. The maximum Gasteiger partial charge on any atom is 0.340 e. The molecule has 156 valence electrons. The van der Waals surface area contributed by atoms with Crippen molar-refractivity contribution in [2.24, 2.45) is 0 Å². The fraction of sp³-hybridized carbons (Fsp3) is 0.111. The molecule has 0 radical (unpaired) electrons. The number of benzene rings is 2. The fourth-order valence-corrected chi connectivity index (χ4v) is 4.39. The van der Waals surface area contributed by atoms with Gasteiger partial charge in [-0.1, -0.05) is 35.1 Å². The molecule has 0 atom stereocenters. The number of hydrogen-bond acceptors (Lipinski definition) is 8. The summed E-state index contributed by atoms with van der Waals surface area (Å²) < 4.78 is 32.2. The van der Waals surface area contributed by atoms with Crippen molar-refractivity contribution in [3.63, 3.8) is 0 Å². The highest BCUT2D eigenvalue weighted by Gasteiger charge is 2.24. The molecule has 0 aliphatic heterocycles. The van der Waals surface area contributed by atoms with Crippen LogP contribution in [0.2, 0.25) is 5.02 Å². The predicted molar refractivity (Wildman–Crippen MR) is 113 cm³/mol. The van der Waals surface area contributed by atoms with Crippen LogP contribution in [0, 0.1) is 0 Å². The number of anilines is 2. The molecule has 9 nitrogen and oxygen atoms in total. The van der Waals surface area contributed by atoms with Crippen LogP contribution in [0.5, 0.6) is 0 Å². The Kier molecular flexibility index (Phi) is 6.65. The highest BCUT2D eigenvalue weighted by Crippen LogP contribution is 2.25. The lowest BCUT2D eigenvalue weighted by Gasteiger charge is -2.10. The van der Waals surface area contributed by atoms with E-state index >= 15 is 0 Å². The molecule has 0 aliphatic carbocycles. The van der Waals surface area contributed by atoms with Gasteiger partial charge < -0.3 is 4.74 Å². The second kappa shape index (κ2) is 9.20. The lowest BCUT2D eigenvalue weighted by Crippen LogP contribution is -2.16. The SMILES string of the molecule is CCOC(=O)c1ccccc1NS(=O)(=O)c1nnc(NC(=O)c2ccc(Cl)cc2)s1. The van der Waals surface area contributed by atoms with Crippen LogP contribution >= 0.6 is 22.9 Å². The number of nitrogens with one attached hydrogen (secondary N) is 2. The molecule has 2 N–H and O–H groups in total. The maximum atomic E-state index is 12.7. The van der Waals surface area contributed by atoms with E-state index in [1.165, 1.54) is 24.3 Å². The molecule has 3 rings (SSSR count). The van der Waals surface area contributed by atoms with E-state index in [1.54, 1.807) is 31.2 Å². The van der Waals surface area contributed by atoms with Crippen LogP contribution in [0.3, 0.4) is 0 Å². The lowest BCUT2D eigenvalue weighted by molar-refractivity contribution is 0.0527. The van der Waals surface area contributed by atoms with Crippen LogP contribution in [-0.2, 0) is 14.8 Å². The van der Waals surface area contributed by atoms with Gasteiger partial charge in [-0.2, -0.15) is 8.42 Å². The van der Waals surface area contributed by atoms with Crippen molar-refractivity contribution in [1.82, 2.24) is 10.2 Å². The van der Waals surface area contributed by atoms with Gasteiger partial charge in [-0.05, 0) is 43.3 Å². The molecule has 2 aromatic carbocycles. The number of hydrogen-bond donors (Lipinski definition) is 2. The first-order chi connectivity index (χ1) is 14.3. The Hall–Kier alpha value is -3.02. The standard InChI is InChI=1S/C18H15ClN4O5S2/c1-2-28-16(25)13-5-3-4-6-14(13)23-30(26,27)18-22-21-17(29-18)20-15(24)11-7-9-12(19)10-8-11/h3-10,23H,2H2,1H3,(H,20,21,24). The number of esters is 1. The van der Waals surface area contributed by atoms with Crippen molar-refractivity contribution >= 4 is 55.7 Å². The molecule has 0 saturated carbocycles. The van der Waals surface area contributed by atoms with E-state index in [-0.39, 0.29) is 27.3 Å². The lowest BCUT2D eigenvalue weighted by atomic mass is 10.2. The molecule has 30 heavy (non-hydrogen) atoms. The van der Waals surface area contributed by atoms with Gasteiger partial charge in [-0.25, -0.2) is 4.79 Å². The molecular weight excluding hydrogens is 452 g/mol. The maximum absolute atomic E-state index is 12.7. The van der Waals surface area contributed by atoms with Gasteiger partial charge in [0.2, 0.25) is 5.13 Å². The number of nitrogens with zero attached hydrogens (tertiary/aromatic N) is 2. The zero-order chi connectivity index (χ0) is 21.7. The number of rotatable bonds is 7. The summed E-state index contributed by atoms with van der Waals surface area (Å²) in [4.78, 5) is 24.3. The van der Waals surface area contributed by atoms with Gasteiger partial charge in [0.05, 0.1) is 17.9 Å². The van der Waals surface area contributed by atoms with Gasteiger partial charge in [0.15, 0.2) is 0 Å². The number of amides is 1. The Bertz CT molecular complexity index is 1180. The Morgan fingerprint density at radius 1 is 1.10 bits per heavy atom. The number of sulfonamides is 1. The van der Waals surface area contributed by atoms with Crippen LogP contribution in [0.4, 0.5) is 10.8 Å². The van der Waals surface area contributed by atoms with Gasteiger partial charge in [-0.3, -0.25) is 14.8 Å². The molecule has 0 saturated heterocycles. The summed E-state index contributed by atoms with van der Waals surface area (Å²) in [5.74, 6) is -1.16. The molecule has 1 heterocycles. The summed E-state index contributed by atoms with van der Waals surface area (Å²) in [6.07, 6.45) is 0. The normalized spacial score (nSPS) is 11.0. The third-order valence-corrected chi connectivity index (χ3v) is 6.45. The molecule has 1 aromatic heterocycles. The van der Waals surface area contributed by atoms with E-state index in [0.717, 1.165) is 0 Å². The topological polar surface area (TPSA) is 127 Å². The monoisotopic (exact) mass is 466 g/mol. The summed E-state index contributed by atoms with van der Waals surface area (Å²) >= 11 is 6.45. The minimum atomic E-state index is -4.15. The van der Waals surface area contributed by atoms with Gasteiger partial charge >= 0.3 is 5.97 Å². The Labute approximate surface area is 181 Å². The van der Waals surface area contributed by atoms with Crippen LogP contribution < -0.4 is 10.0 Å². The van der Waals surface area contributed by atoms with Crippen LogP contribution in [0.15, 0.2) is 52.9 Å². The number of para-hydroxylation sites is 1. The smallest absolute Gasteiger partial charge is 0.340 e. The summed E-state index contributed by atoms with van der Waals surface area (Å²) in [5.41, 5.74) is 0.419. The summed E-state index contributed by atoms with van der Waals surface area (Å²) in [5, 5.41) is 10.3. The summed E-state index contributed by atoms with van der Waals surface area (Å²) in [6, 6.07) is 12.2. The van der Waals surface area contributed by atoms with E-state index in [4.69, 9.17) is 16.3 Å². The van der Waals surface area contributed by atoms with E-state index in [9.17, 15) is 18.0 Å². The Morgan fingerprint density at radius 2 is 1.80 bits per heavy atom.